The first-order valence-electron chi connectivity index (χ1n) is 5.11. The number of aliphatic hydroxyl groups is 1. The standard InChI is InChI=1S/C12H16OS/c1-14-11-6-4-10(5-7-11)12(13)8-2-3-9-12/h4-7,13H,2-3,8-9H2,1H3. The zero-order valence-corrected chi connectivity index (χ0v) is 9.31. The van der Waals surface area contributed by atoms with Gasteiger partial charge in [-0.2, -0.15) is 0 Å². The SMILES string of the molecule is CSc1ccc(C2(O)CCCC2)cc1. The highest BCUT2D eigenvalue weighted by molar-refractivity contribution is 7.98. The third-order valence-corrected chi connectivity index (χ3v) is 3.80. The summed E-state index contributed by atoms with van der Waals surface area (Å²) in [5.74, 6) is 0. The molecular formula is C12H16OS. The van der Waals surface area contributed by atoms with Crippen LogP contribution in [0.5, 0.6) is 0 Å². The van der Waals surface area contributed by atoms with Crippen LogP contribution in [0.15, 0.2) is 29.2 Å². The fourth-order valence-electron chi connectivity index (χ4n) is 2.15. The molecule has 1 aromatic rings. The van der Waals surface area contributed by atoms with E-state index in [0.717, 1.165) is 31.2 Å². The summed E-state index contributed by atoms with van der Waals surface area (Å²) in [6, 6.07) is 8.32. The molecule has 0 unspecified atom stereocenters. The van der Waals surface area contributed by atoms with Crippen LogP contribution >= 0.6 is 11.8 Å². The average molecular weight is 208 g/mol. The predicted molar refractivity (Wildman–Crippen MR) is 60.6 cm³/mol. The van der Waals surface area contributed by atoms with Gasteiger partial charge in [0.05, 0.1) is 5.60 Å². The first-order chi connectivity index (χ1) is 6.74. The van der Waals surface area contributed by atoms with Crippen LogP contribution in [0.3, 0.4) is 0 Å². The lowest BCUT2D eigenvalue weighted by molar-refractivity contribution is 0.0444. The molecule has 0 radical (unpaired) electrons. The van der Waals surface area contributed by atoms with E-state index in [0.29, 0.717) is 0 Å². The molecule has 1 aromatic carbocycles. The van der Waals surface area contributed by atoms with E-state index in [9.17, 15) is 5.11 Å². The highest BCUT2D eigenvalue weighted by Gasteiger charge is 2.32. The lowest BCUT2D eigenvalue weighted by Crippen LogP contribution is -2.20. The number of hydrogen-bond acceptors (Lipinski definition) is 2. The van der Waals surface area contributed by atoms with Crippen molar-refractivity contribution >= 4 is 11.8 Å². The van der Waals surface area contributed by atoms with Crippen LogP contribution in [-0.2, 0) is 5.60 Å². The molecule has 1 aliphatic carbocycles. The first kappa shape index (κ1) is 10.1. The minimum atomic E-state index is -0.531. The maximum Gasteiger partial charge on any atom is 0.0896 e. The van der Waals surface area contributed by atoms with Gasteiger partial charge in [0, 0.05) is 4.90 Å². The lowest BCUT2D eigenvalue weighted by Gasteiger charge is -2.22. The molecule has 0 aliphatic heterocycles. The van der Waals surface area contributed by atoms with E-state index in [1.165, 1.54) is 4.90 Å². The normalized spacial score (nSPS) is 19.9. The summed E-state index contributed by atoms with van der Waals surface area (Å²) in [6.45, 7) is 0. The number of rotatable bonds is 2. The molecule has 0 amide bonds. The highest BCUT2D eigenvalue weighted by atomic mass is 32.2. The number of benzene rings is 1. The van der Waals surface area contributed by atoms with Gasteiger partial charge in [0.1, 0.15) is 0 Å². The second-order valence-corrected chi connectivity index (χ2v) is 4.85. The van der Waals surface area contributed by atoms with Gasteiger partial charge in [-0.1, -0.05) is 25.0 Å². The van der Waals surface area contributed by atoms with E-state index in [1.54, 1.807) is 11.8 Å². The summed E-state index contributed by atoms with van der Waals surface area (Å²) in [4.78, 5) is 1.26. The van der Waals surface area contributed by atoms with Gasteiger partial charge >= 0.3 is 0 Å². The Bertz CT molecular complexity index is 299. The fourth-order valence-corrected chi connectivity index (χ4v) is 2.56. The van der Waals surface area contributed by atoms with Crippen LogP contribution in [0.25, 0.3) is 0 Å². The molecule has 2 rings (SSSR count). The van der Waals surface area contributed by atoms with Crippen molar-refractivity contribution in [2.24, 2.45) is 0 Å². The summed E-state index contributed by atoms with van der Waals surface area (Å²) in [5.41, 5.74) is 0.560. The molecule has 0 saturated heterocycles. The maximum absolute atomic E-state index is 10.3. The summed E-state index contributed by atoms with van der Waals surface area (Å²) in [7, 11) is 0. The van der Waals surface area contributed by atoms with Crippen molar-refractivity contribution in [3.05, 3.63) is 29.8 Å². The van der Waals surface area contributed by atoms with E-state index >= 15 is 0 Å². The van der Waals surface area contributed by atoms with Gasteiger partial charge in [0.25, 0.3) is 0 Å². The Morgan fingerprint density at radius 2 is 1.71 bits per heavy atom. The molecular weight excluding hydrogens is 192 g/mol. The van der Waals surface area contributed by atoms with E-state index in [4.69, 9.17) is 0 Å². The third kappa shape index (κ3) is 1.82. The van der Waals surface area contributed by atoms with E-state index in [2.05, 4.69) is 30.5 Å². The minimum absolute atomic E-state index is 0.531. The predicted octanol–water partition coefficient (Wildman–Crippen LogP) is 3.17. The third-order valence-electron chi connectivity index (χ3n) is 3.06. The van der Waals surface area contributed by atoms with Gasteiger partial charge in [0.2, 0.25) is 0 Å². The van der Waals surface area contributed by atoms with Crippen LogP contribution in [0.2, 0.25) is 0 Å². The molecule has 1 nitrogen and oxygen atoms in total. The monoisotopic (exact) mass is 208 g/mol. The summed E-state index contributed by atoms with van der Waals surface area (Å²) in [6.07, 6.45) is 6.22. The van der Waals surface area contributed by atoms with Crippen molar-refractivity contribution < 1.29 is 5.11 Å². The molecule has 14 heavy (non-hydrogen) atoms. The Balaban J connectivity index is 2.23. The van der Waals surface area contributed by atoms with Gasteiger partial charge in [-0.3, -0.25) is 0 Å². The molecule has 0 heterocycles. The zero-order valence-electron chi connectivity index (χ0n) is 8.49. The van der Waals surface area contributed by atoms with Crippen molar-refractivity contribution in [1.82, 2.24) is 0 Å². The molecule has 1 fully saturated rings. The lowest BCUT2D eigenvalue weighted by atomic mass is 9.92. The Morgan fingerprint density at radius 3 is 2.21 bits per heavy atom. The molecule has 1 aliphatic rings. The topological polar surface area (TPSA) is 20.2 Å². The highest BCUT2D eigenvalue weighted by Crippen LogP contribution is 2.38. The largest absolute Gasteiger partial charge is 0.385 e. The smallest absolute Gasteiger partial charge is 0.0896 e. The van der Waals surface area contributed by atoms with Crippen molar-refractivity contribution in [1.29, 1.82) is 0 Å². The van der Waals surface area contributed by atoms with Crippen molar-refractivity contribution in [3.63, 3.8) is 0 Å². The van der Waals surface area contributed by atoms with Gasteiger partial charge in [0.15, 0.2) is 0 Å². The molecule has 0 atom stereocenters. The minimum Gasteiger partial charge on any atom is -0.385 e. The Morgan fingerprint density at radius 1 is 1.14 bits per heavy atom. The zero-order chi connectivity index (χ0) is 10.0. The van der Waals surface area contributed by atoms with Crippen molar-refractivity contribution in [2.45, 2.75) is 36.2 Å². The van der Waals surface area contributed by atoms with Crippen molar-refractivity contribution in [2.75, 3.05) is 6.26 Å². The van der Waals surface area contributed by atoms with Crippen LogP contribution in [0.1, 0.15) is 31.2 Å². The Kier molecular flexibility index (Phi) is 2.84. The average Bonchev–Trinajstić information content (AvgIpc) is 2.67. The quantitative estimate of drug-likeness (QED) is 0.753. The second kappa shape index (κ2) is 3.95. The van der Waals surface area contributed by atoms with Crippen LogP contribution in [0.4, 0.5) is 0 Å². The summed E-state index contributed by atoms with van der Waals surface area (Å²) >= 11 is 1.74. The molecule has 0 aromatic heterocycles. The van der Waals surface area contributed by atoms with Crippen molar-refractivity contribution in [3.8, 4) is 0 Å². The Hall–Kier alpha value is -0.470. The second-order valence-electron chi connectivity index (χ2n) is 3.97. The fraction of sp³-hybridized carbons (Fsp3) is 0.500. The summed E-state index contributed by atoms with van der Waals surface area (Å²) in [5, 5.41) is 10.3. The molecule has 76 valence electrons. The van der Waals surface area contributed by atoms with Crippen LogP contribution < -0.4 is 0 Å². The maximum atomic E-state index is 10.3. The molecule has 2 heteroatoms. The summed E-state index contributed by atoms with van der Waals surface area (Å²) < 4.78 is 0. The van der Waals surface area contributed by atoms with Gasteiger partial charge in [-0.15, -0.1) is 11.8 Å². The van der Waals surface area contributed by atoms with Gasteiger partial charge in [-0.25, -0.2) is 0 Å². The molecule has 0 bridgehead atoms. The van der Waals surface area contributed by atoms with E-state index in [1.807, 2.05) is 0 Å². The molecule has 1 N–H and O–H groups in total. The van der Waals surface area contributed by atoms with Gasteiger partial charge in [-0.05, 0) is 36.8 Å². The van der Waals surface area contributed by atoms with E-state index < -0.39 is 5.60 Å². The Labute approximate surface area is 89.5 Å². The number of hydrogen-bond donors (Lipinski definition) is 1. The first-order valence-corrected chi connectivity index (χ1v) is 6.34. The van der Waals surface area contributed by atoms with Crippen LogP contribution in [-0.4, -0.2) is 11.4 Å². The molecule has 0 spiro atoms. The van der Waals surface area contributed by atoms with E-state index in [-0.39, 0.29) is 0 Å². The number of thioether (sulfide) groups is 1. The van der Waals surface area contributed by atoms with Gasteiger partial charge < -0.3 is 5.11 Å². The molecule has 1 saturated carbocycles. The van der Waals surface area contributed by atoms with Crippen LogP contribution in [0, 0.1) is 0 Å².